The second kappa shape index (κ2) is 7.00. The molecule has 0 spiro atoms. The van der Waals surface area contributed by atoms with Crippen LogP contribution in [0.1, 0.15) is 18.5 Å². The molecule has 6 nitrogen and oxygen atoms in total. The SMILES string of the molecule is O=C(O)CC1COCCN1C(=O)CCc1ccccn1. The molecule has 1 fully saturated rings. The summed E-state index contributed by atoms with van der Waals surface area (Å²) in [6.07, 6.45) is 2.53. The lowest BCUT2D eigenvalue weighted by Gasteiger charge is -2.34. The number of morpholine rings is 1. The normalized spacial score (nSPS) is 18.8. The van der Waals surface area contributed by atoms with Crippen LogP contribution in [0.25, 0.3) is 0 Å². The number of ether oxygens (including phenoxy) is 1. The van der Waals surface area contributed by atoms with Gasteiger partial charge in [-0.1, -0.05) is 6.07 Å². The number of carbonyl (C=O) groups excluding carboxylic acids is 1. The maximum absolute atomic E-state index is 12.2. The Kier molecular flexibility index (Phi) is 5.06. The molecule has 1 saturated heterocycles. The molecule has 1 aromatic heterocycles. The largest absolute Gasteiger partial charge is 0.481 e. The number of pyridine rings is 1. The van der Waals surface area contributed by atoms with Gasteiger partial charge in [0.05, 0.1) is 25.7 Å². The first-order chi connectivity index (χ1) is 9.66. The molecule has 1 aliphatic heterocycles. The molecular weight excluding hydrogens is 260 g/mol. The number of amides is 1. The van der Waals surface area contributed by atoms with Gasteiger partial charge < -0.3 is 14.7 Å². The first kappa shape index (κ1) is 14.5. The van der Waals surface area contributed by atoms with Crippen LogP contribution in [-0.2, 0) is 20.7 Å². The third-order valence-electron chi connectivity index (χ3n) is 3.28. The van der Waals surface area contributed by atoms with E-state index in [1.54, 1.807) is 11.1 Å². The molecular formula is C14H18N2O4. The molecule has 6 heteroatoms. The summed E-state index contributed by atoms with van der Waals surface area (Å²) in [5, 5.41) is 8.87. The number of hydrogen-bond donors (Lipinski definition) is 1. The van der Waals surface area contributed by atoms with Gasteiger partial charge in [0.25, 0.3) is 0 Å². The van der Waals surface area contributed by atoms with Crippen LogP contribution < -0.4 is 0 Å². The van der Waals surface area contributed by atoms with Gasteiger partial charge in [-0.3, -0.25) is 14.6 Å². The first-order valence-corrected chi connectivity index (χ1v) is 6.65. The van der Waals surface area contributed by atoms with Crippen LogP contribution in [0.15, 0.2) is 24.4 Å². The lowest BCUT2D eigenvalue weighted by Crippen LogP contribution is -2.49. The minimum atomic E-state index is -0.914. The summed E-state index contributed by atoms with van der Waals surface area (Å²) in [5.74, 6) is -0.951. The van der Waals surface area contributed by atoms with E-state index in [1.165, 1.54) is 0 Å². The maximum atomic E-state index is 12.2. The van der Waals surface area contributed by atoms with Crippen LogP contribution in [-0.4, -0.2) is 52.7 Å². The Bertz CT molecular complexity index is 464. The molecule has 1 amide bonds. The van der Waals surface area contributed by atoms with Crippen LogP contribution in [0.5, 0.6) is 0 Å². The van der Waals surface area contributed by atoms with Gasteiger partial charge in [0.2, 0.25) is 5.91 Å². The zero-order valence-corrected chi connectivity index (χ0v) is 11.2. The molecule has 0 aliphatic carbocycles. The van der Waals surface area contributed by atoms with Gasteiger partial charge in [-0.05, 0) is 18.6 Å². The van der Waals surface area contributed by atoms with Crippen molar-refractivity contribution in [3.63, 3.8) is 0 Å². The highest BCUT2D eigenvalue weighted by Crippen LogP contribution is 2.13. The van der Waals surface area contributed by atoms with E-state index < -0.39 is 5.97 Å². The summed E-state index contributed by atoms with van der Waals surface area (Å²) in [5.41, 5.74) is 0.865. The van der Waals surface area contributed by atoms with Crippen molar-refractivity contribution < 1.29 is 19.4 Å². The summed E-state index contributed by atoms with van der Waals surface area (Å²) in [6, 6.07) is 5.23. The summed E-state index contributed by atoms with van der Waals surface area (Å²) < 4.78 is 5.26. The molecule has 0 bridgehead atoms. The van der Waals surface area contributed by atoms with Crippen molar-refractivity contribution in [1.82, 2.24) is 9.88 Å². The van der Waals surface area contributed by atoms with E-state index in [1.807, 2.05) is 18.2 Å². The van der Waals surface area contributed by atoms with Crippen molar-refractivity contribution in [3.05, 3.63) is 30.1 Å². The molecule has 2 rings (SSSR count). The van der Waals surface area contributed by atoms with E-state index in [-0.39, 0.29) is 18.4 Å². The fourth-order valence-corrected chi connectivity index (χ4v) is 2.28. The van der Waals surface area contributed by atoms with Crippen LogP contribution in [0.3, 0.4) is 0 Å². The Morgan fingerprint density at radius 2 is 2.30 bits per heavy atom. The third kappa shape index (κ3) is 4.03. The first-order valence-electron chi connectivity index (χ1n) is 6.65. The molecule has 1 atom stereocenters. The quantitative estimate of drug-likeness (QED) is 0.858. The highest BCUT2D eigenvalue weighted by atomic mass is 16.5. The van der Waals surface area contributed by atoms with E-state index in [9.17, 15) is 9.59 Å². The average Bonchev–Trinajstić information content (AvgIpc) is 2.46. The Morgan fingerprint density at radius 3 is 3.00 bits per heavy atom. The highest BCUT2D eigenvalue weighted by molar-refractivity contribution is 5.78. The van der Waals surface area contributed by atoms with Crippen LogP contribution >= 0.6 is 0 Å². The summed E-state index contributed by atoms with van der Waals surface area (Å²) in [4.78, 5) is 28.8. The Morgan fingerprint density at radius 1 is 1.45 bits per heavy atom. The maximum Gasteiger partial charge on any atom is 0.305 e. The Balaban J connectivity index is 1.90. The van der Waals surface area contributed by atoms with Crippen LogP contribution in [0.4, 0.5) is 0 Å². The number of rotatable bonds is 5. The average molecular weight is 278 g/mol. The molecule has 2 heterocycles. The second-order valence-corrected chi connectivity index (χ2v) is 4.73. The number of aromatic nitrogens is 1. The number of carboxylic acids is 1. The molecule has 1 aromatic rings. The zero-order chi connectivity index (χ0) is 14.4. The van der Waals surface area contributed by atoms with Gasteiger partial charge in [-0.2, -0.15) is 0 Å². The monoisotopic (exact) mass is 278 g/mol. The third-order valence-corrected chi connectivity index (χ3v) is 3.28. The van der Waals surface area contributed by atoms with Gasteiger partial charge >= 0.3 is 5.97 Å². The summed E-state index contributed by atoms with van der Waals surface area (Å²) >= 11 is 0. The summed E-state index contributed by atoms with van der Waals surface area (Å²) in [6.45, 7) is 1.21. The highest BCUT2D eigenvalue weighted by Gasteiger charge is 2.28. The fraction of sp³-hybridized carbons (Fsp3) is 0.500. The number of aliphatic carboxylic acids is 1. The van der Waals surface area contributed by atoms with Crippen molar-refractivity contribution in [2.24, 2.45) is 0 Å². The number of hydrogen-bond acceptors (Lipinski definition) is 4. The van der Waals surface area contributed by atoms with E-state index >= 15 is 0 Å². The lowest BCUT2D eigenvalue weighted by atomic mass is 10.1. The van der Waals surface area contributed by atoms with E-state index in [0.29, 0.717) is 32.6 Å². The predicted octanol–water partition coefficient (Wildman–Crippen LogP) is 0.716. The van der Waals surface area contributed by atoms with Gasteiger partial charge in [-0.15, -0.1) is 0 Å². The number of carbonyl (C=O) groups is 2. The standard InChI is InChI=1S/C14H18N2O4/c17-13(5-4-11-3-1-2-6-15-11)16-7-8-20-10-12(16)9-14(18)19/h1-3,6,12H,4-5,7-10H2,(H,18,19). The molecule has 108 valence electrons. The Hall–Kier alpha value is -1.95. The number of carboxylic acid groups (broad SMARTS) is 1. The smallest absolute Gasteiger partial charge is 0.305 e. The van der Waals surface area contributed by atoms with Crippen molar-refractivity contribution in [1.29, 1.82) is 0 Å². The van der Waals surface area contributed by atoms with E-state index in [2.05, 4.69) is 4.98 Å². The minimum Gasteiger partial charge on any atom is -0.481 e. The predicted molar refractivity (Wildman–Crippen MR) is 71.1 cm³/mol. The van der Waals surface area contributed by atoms with Crippen molar-refractivity contribution >= 4 is 11.9 Å². The van der Waals surface area contributed by atoms with Crippen LogP contribution in [0.2, 0.25) is 0 Å². The number of nitrogens with zero attached hydrogens (tertiary/aromatic N) is 2. The zero-order valence-electron chi connectivity index (χ0n) is 11.2. The van der Waals surface area contributed by atoms with Crippen molar-refractivity contribution in [2.75, 3.05) is 19.8 Å². The molecule has 0 radical (unpaired) electrons. The number of aryl methyl sites for hydroxylation is 1. The molecule has 20 heavy (non-hydrogen) atoms. The molecule has 1 unspecified atom stereocenters. The van der Waals surface area contributed by atoms with E-state index in [0.717, 1.165) is 5.69 Å². The molecule has 0 saturated carbocycles. The second-order valence-electron chi connectivity index (χ2n) is 4.73. The van der Waals surface area contributed by atoms with Gasteiger partial charge in [0.1, 0.15) is 0 Å². The molecule has 0 aromatic carbocycles. The van der Waals surface area contributed by atoms with Gasteiger partial charge in [0.15, 0.2) is 0 Å². The minimum absolute atomic E-state index is 0.0368. The van der Waals surface area contributed by atoms with Gasteiger partial charge in [0, 0.05) is 24.9 Å². The fourth-order valence-electron chi connectivity index (χ4n) is 2.28. The van der Waals surface area contributed by atoms with E-state index in [4.69, 9.17) is 9.84 Å². The van der Waals surface area contributed by atoms with Crippen molar-refractivity contribution in [3.8, 4) is 0 Å². The molecule has 1 N–H and O–H groups in total. The topological polar surface area (TPSA) is 79.7 Å². The Labute approximate surface area is 117 Å². The van der Waals surface area contributed by atoms with Gasteiger partial charge in [-0.25, -0.2) is 0 Å². The van der Waals surface area contributed by atoms with Crippen molar-refractivity contribution in [2.45, 2.75) is 25.3 Å². The van der Waals surface area contributed by atoms with Crippen LogP contribution in [0, 0.1) is 0 Å². The summed E-state index contributed by atoms with van der Waals surface area (Å²) in [7, 11) is 0. The molecule has 1 aliphatic rings. The lowest BCUT2D eigenvalue weighted by molar-refractivity contribution is -0.146.